The Labute approximate surface area is 364 Å². The van der Waals surface area contributed by atoms with Crippen LogP contribution in [0.25, 0.3) is 55.6 Å². The molecule has 0 unspecified atom stereocenters. The molecule has 1 aliphatic rings. The van der Waals surface area contributed by atoms with E-state index in [-0.39, 0.29) is 0 Å². The van der Waals surface area contributed by atoms with Crippen LogP contribution in [0.2, 0.25) is 0 Å². The minimum absolute atomic E-state index is 0.516. The van der Waals surface area contributed by atoms with Gasteiger partial charge in [0.15, 0.2) is 0 Å². The molecule has 0 radical (unpaired) electrons. The summed E-state index contributed by atoms with van der Waals surface area (Å²) in [6, 6.07) is 95.2. The molecule has 0 atom stereocenters. The lowest BCUT2D eigenvalue weighted by atomic mass is 9.67. The van der Waals surface area contributed by atoms with Gasteiger partial charge in [-0.25, -0.2) is 0 Å². The van der Waals surface area contributed by atoms with Crippen molar-refractivity contribution in [3.05, 3.63) is 283 Å². The summed E-state index contributed by atoms with van der Waals surface area (Å²) in [5.74, 6) is 0. The summed E-state index contributed by atoms with van der Waals surface area (Å²) >= 11 is 0. The van der Waals surface area contributed by atoms with Gasteiger partial charge in [-0.3, -0.25) is 0 Å². The average Bonchev–Trinajstić information content (AvgIpc) is 3.66. The summed E-state index contributed by atoms with van der Waals surface area (Å²) in [6.07, 6.45) is 0. The normalized spacial score (nSPS) is 12.3. The van der Waals surface area contributed by atoms with Crippen LogP contribution in [-0.4, -0.2) is 0 Å². The molecule has 62 heavy (non-hydrogen) atoms. The summed E-state index contributed by atoms with van der Waals surface area (Å²) in [4.78, 5) is 2.44. The largest absolute Gasteiger partial charge is 0.310 e. The van der Waals surface area contributed by atoms with Crippen LogP contribution in [0.5, 0.6) is 0 Å². The molecule has 0 saturated heterocycles. The van der Waals surface area contributed by atoms with E-state index in [1.54, 1.807) is 0 Å². The Kier molecular flexibility index (Phi) is 9.48. The van der Waals surface area contributed by atoms with Crippen molar-refractivity contribution in [1.29, 1.82) is 0 Å². The van der Waals surface area contributed by atoms with E-state index >= 15 is 0 Å². The third-order valence-electron chi connectivity index (χ3n) is 12.6. The Balaban J connectivity index is 1.12. The van der Waals surface area contributed by atoms with Crippen molar-refractivity contribution >= 4 is 17.1 Å². The second-order valence-electron chi connectivity index (χ2n) is 16.0. The molecule has 10 aromatic carbocycles. The molecule has 292 valence electrons. The lowest BCUT2D eigenvalue weighted by Gasteiger charge is -2.35. The summed E-state index contributed by atoms with van der Waals surface area (Å²) in [5.41, 5.74) is 19.9. The summed E-state index contributed by atoms with van der Waals surface area (Å²) in [5, 5.41) is 0. The minimum atomic E-state index is -0.516. The highest BCUT2D eigenvalue weighted by molar-refractivity contribution is 5.92. The van der Waals surface area contributed by atoms with Gasteiger partial charge in [0.05, 0.1) is 5.41 Å². The number of nitrogens with zero attached hydrogens (tertiary/aromatic N) is 1. The molecular weight excluding hydrogens is 747 g/mol. The first-order chi connectivity index (χ1) is 30.8. The maximum Gasteiger partial charge on any atom is 0.0714 e. The molecule has 0 fully saturated rings. The van der Waals surface area contributed by atoms with Crippen LogP contribution in [0, 0.1) is 0 Å². The van der Waals surface area contributed by atoms with Crippen molar-refractivity contribution < 1.29 is 0 Å². The molecular formula is C61H43N. The molecule has 0 aliphatic heterocycles. The highest BCUT2D eigenvalue weighted by atomic mass is 15.1. The summed E-state index contributed by atoms with van der Waals surface area (Å²) < 4.78 is 0. The first-order valence-corrected chi connectivity index (χ1v) is 21.4. The van der Waals surface area contributed by atoms with Gasteiger partial charge in [-0.05, 0) is 114 Å². The fourth-order valence-corrected chi connectivity index (χ4v) is 9.70. The zero-order chi connectivity index (χ0) is 41.3. The highest BCUT2D eigenvalue weighted by Crippen LogP contribution is 2.57. The number of anilines is 3. The van der Waals surface area contributed by atoms with Crippen molar-refractivity contribution in [3.63, 3.8) is 0 Å². The fourth-order valence-electron chi connectivity index (χ4n) is 9.70. The molecule has 0 N–H and O–H groups in total. The van der Waals surface area contributed by atoms with Gasteiger partial charge >= 0.3 is 0 Å². The molecule has 1 nitrogen and oxygen atoms in total. The minimum Gasteiger partial charge on any atom is -0.310 e. The number of benzene rings is 10. The van der Waals surface area contributed by atoms with E-state index in [1.165, 1.54) is 77.9 Å². The Morgan fingerprint density at radius 2 is 0.597 bits per heavy atom. The van der Waals surface area contributed by atoms with Gasteiger partial charge in [0, 0.05) is 17.1 Å². The molecule has 0 saturated carbocycles. The van der Waals surface area contributed by atoms with E-state index in [2.05, 4.69) is 266 Å². The SMILES string of the molecule is c1ccc(-c2ccc(-c3ccc(N(c4ccc(-c5ccccc5)cc4)c4ccc5c(c4)C(c4ccccc4)(c4ccccc4)c4ccccc4-5)cc3-c3ccccc3)cc2)cc1. The first kappa shape index (κ1) is 37.0. The third-order valence-corrected chi connectivity index (χ3v) is 12.6. The number of rotatable bonds is 9. The quantitative estimate of drug-likeness (QED) is 0.141. The van der Waals surface area contributed by atoms with Crippen LogP contribution >= 0.6 is 0 Å². The van der Waals surface area contributed by atoms with Gasteiger partial charge in [0.1, 0.15) is 0 Å². The monoisotopic (exact) mass is 789 g/mol. The predicted molar refractivity (Wildman–Crippen MR) is 260 cm³/mol. The number of hydrogen-bond donors (Lipinski definition) is 0. The smallest absolute Gasteiger partial charge is 0.0714 e. The Hall–Kier alpha value is -8.00. The molecule has 10 aromatic rings. The van der Waals surface area contributed by atoms with E-state index in [4.69, 9.17) is 0 Å². The van der Waals surface area contributed by atoms with Gasteiger partial charge in [0.2, 0.25) is 0 Å². The van der Waals surface area contributed by atoms with Gasteiger partial charge < -0.3 is 4.90 Å². The zero-order valence-electron chi connectivity index (χ0n) is 34.3. The number of fused-ring (bicyclic) bond motifs is 3. The highest BCUT2D eigenvalue weighted by Gasteiger charge is 2.46. The second-order valence-corrected chi connectivity index (χ2v) is 16.0. The van der Waals surface area contributed by atoms with Crippen LogP contribution < -0.4 is 4.90 Å². The maximum absolute atomic E-state index is 2.46. The van der Waals surface area contributed by atoms with Crippen molar-refractivity contribution in [2.45, 2.75) is 5.41 Å². The molecule has 0 amide bonds. The fraction of sp³-hybridized carbons (Fsp3) is 0.0164. The van der Waals surface area contributed by atoms with Crippen LogP contribution in [0.3, 0.4) is 0 Å². The lowest BCUT2D eigenvalue weighted by molar-refractivity contribution is 0.768. The number of hydrogen-bond acceptors (Lipinski definition) is 1. The van der Waals surface area contributed by atoms with Gasteiger partial charge in [-0.2, -0.15) is 0 Å². The van der Waals surface area contributed by atoms with E-state index < -0.39 is 5.41 Å². The molecule has 0 spiro atoms. The van der Waals surface area contributed by atoms with Crippen molar-refractivity contribution in [3.8, 4) is 55.6 Å². The van der Waals surface area contributed by atoms with E-state index in [1.807, 2.05) is 0 Å². The third kappa shape index (κ3) is 6.43. The van der Waals surface area contributed by atoms with Crippen molar-refractivity contribution in [1.82, 2.24) is 0 Å². The molecule has 0 aromatic heterocycles. The van der Waals surface area contributed by atoms with E-state index in [9.17, 15) is 0 Å². The van der Waals surface area contributed by atoms with Crippen LogP contribution in [-0.2, 0) is 5.41 Å². The standard InChI is InChI=1S/C61H43N/c1-6-18-44(19-7-1)46-30-32-49(33-31-46)55-40-38-53(42-58(55)48-22-10-3-11-23-48)62(52-36-34-47(35-37-52)45-20-8-2-9-21-45)54-39-41-57-56-28-16-17-29-59(56)61(60(57)43-54,50-24-12-4-13-25-50)51-26-14-5-15-27-51/h1-43H. The Morgan fingerprint density at radius 3 is 1.16 bits per heavy atom. The summed E-state index contributed by atoms with van der Waals surface area (Å²) in [7, 11) is 0. The molecule has 1 aliphatic carbocycles. The van der Waals surface area contributed by atoms with Crippen molar-refractivity contribution in [2.24, 2.45) is 0 Å². The topological polar surface area (TPSA) is 3.24 Å². The second kappa shape index (κ2) is 15.9. The van der Waals surface area contributed by atoms with Crippen LogP contribution in [0.1, 0.15) is 22.3 Å². The van der Waals surface area contributed by atoms with Crippen molar-refractivity contribution in [2.75, 3.05) is 4.90 Å². The van der Waals surface area contributed by atoms with Gasteiger partial charge in [-0.1, -0.05) is 224 Å². The molecule has 11 rings (SSSR count). The molecule has 1 heteroatoms. The Bertz CT molecular complexity index is 3080. The maximum atomic E-state index is 2.46. The first-order valence-electron chi connectivity index (χ1n) is 21.4. The van der Waals surface area contributed by atoms with Crippen LogP contribution in [0.4, 0.5) is 17.1 Å². The van der Waals surface area contributed by atoms with Crippen LogP contribution in [0.15, 0.2) is 261 Å². The zero-order valence-corrected chi connectivity index (χ0v) is 34.3. The predicted octanol–water partition coefficient (Wildman–Crippen LogP) is 16.2. The molecule has 0 heterocycles. The van der Waals surface area contributed by atoms with E-state index in [0.717, 1.165) is 17.1 Å². The average molecular weight is 790 g/mol. The van der Waals surface area contributed by atoms with Gasteiger partial charge in [0.25, 0.3) is 0 Å². The molecule has 0 bridgehead atoms. The van der Waals surface area contributed by atoms with E-state index in [0.29, 0.717) is 0 Å². The summed E-state index contributed by atoms with van der Waals surface area (Å²) in [6.45, 7) is 0. The Morgan fingerprint density at radius 1 is 0.226 bits per heavy atom. The lowest BCUT2D eigenvalue weighted by Crippen LogP contribution is -2.28. The van der Waals surface area contributed by atoms with Gasteiger partial charge in [-0.15, -0.1) is 0 Å².